The summed E-state index contributed by atoms with van der Waals surface area (Å²) in [6.07, 6.45) is -0.408. The first-order valence-electron chi connectivity index (χ1n) is 4.63. The minimum atomic E-state index is -0.891. The van der Waals surface area contributed by atoms with Crippen LogP contribution < -0.4 is 5.32 Å². The molecule has 0 aromatic heterocycles. The lowest BCUT2D eigenvalue weighted by atomic mass is 10.0. The van der Waals surface area contributed by atoms with Crippen LogP contribution in [0, 0.1) is 11.6 Å². The van der Waals surface area contributed by atoms with Gasteiger partial charge in [-0.2, -0.15) is 0 Å². The first kappa shape index (κ1) is 10.5. The van der Waals surface area contributed by atoms with Crippen molar-refractivity contribution >= 4 is 0 Å². The van der Waals surface area contributed by atoms with Gasteiger partial charge in [-0.05, 0) is 17.7 Å². The smallest absolute Gasteiger partial charge is 0.159 e. The highest BCUT2D eigenvalue weighted by molar-refractivity contribution is 5.23. The summed E-state index contributed by atoms with van der Waals surface area (Å²) in [4.78, 5) is 0. The molecule has 1 aliphatic rings. The molecular weight excluding hydrogens is 204 g/mol. The molecule has 0 bridgehead atoms. The number of benzene rings is 1. The number of hydrogen-bond donors (Lipinski definition) is 2. The van der Waals surface area contributed by atoms with Crippen LogP contribution in [0.2, 0.25) is 0 Å². The maximum absolute atomic E-state index is 13.0. The second kappa shape index (κ2) is 4.22. The minimum Gasteiger partial charge on any atom is -0.394 e. The molecule has 1 fully saturated rings. The topological polar surface area (TPSA) is 41.5 Å². The van der Waals surface area contributed by atoms with E-state index in [-0.39, 0.29) is 12.6 Å². The van der Waals surface area contributed by atoms with Crippen LogP contribution in [-0.4, -0.2) is 24.5 Å². The first-order valence-corrected chi connectivity index (χ1v) is 4.63. The van der Waals surface area contributed by atoms with Crippen molar-refractivity contribution in [3.05, 3.63) is 35.4 Å². The molecule has 0 saturated carbocycles. The van der Waals surface area contributed by atoms with Crippen molar-refractivity contribution in [2.75, 3.05) is 13.3 Å². The third kappa shape index (κ3) is 1.99. The Bertz CT molecular complexity index is 359. The molecular formula is C10H11F2NO2. The van der Waals surface area contributed by atoms with Gasteiger partial charge in [0, 0.05) is 0 Å². The molecule has 82 valence electrons. The zero-order chi connectivity index (χ0) is 10.8. The molecule has 1 aromatic rings. The standard InChI is InChI=1S/C10H11F2NO2/c11-7-2-1-6(3-8(7)12)10-9(4-14)15-5-13-10/h1-3,9-10,13-14H,4-5H2. The molecule has 1 aliphatic heterocycles. The van der Waals surface area contributed by atoms with E-state index in [1.54, 1.807) is 0 Å². The monoisotopic (exact) mass is 215 g/mol. The SMILES string of the molecule is OCC1OCNC1c1ccc(F)c(F)c1. The normalized spacial score (nSPS) is 25.8. The van der Waals surface area contributed by atoms with Crippen LogP contribution in [0.25, 0.3) is 0 Å². The predicted molar refractivity (Wildman–Crippen MR) is 49.1 cm³/mol. The molecule has 2 unspecified atom stereocenters. The van der Waals surface area contributed by atoms with Gasteiger partial charge in [0.15, 0.2) is 11.6 Å². The molecule has 3 nitrogen and oxygen atoms in total. The largest absolute Gasteiger partial charge is 0.394 e. The maximum atomic E-state index is 13.0. The highest BCUT2D eigenvalue weighted by atomic mass is 19.2. The quantitative estimate of drug-likeness (QED) is 0.771. The molecule has 1 heterocycles. The highest BCUT2D eigenvalue weighted by Gasteiger charge is 2.28. The molecule has 0 spiro atoms. The Morgan fingerprint density at radius 3 is 2.87 bits per heavy atom. The number of aliphatic hydroxyl groups is 1. The number of rotatable bonds is 2. The fraction of sp³-hybridized carbons (Fsp3) is 0.400. The number of aliphatic hydroxyl groups excluding tert-OH is 1. The summed E-state index contributed by atoms with van der Waals surface area (Å²) in [7, 11) is 0. The van der Waals surface area contributed by atoms with Crippen molar-refractivity contribution in [3.63, 3.8) is 0 Å². The summed E-state index contributed by atoms with van der Waals surface area (Å²) in [5.41, 5.74) is 0.574. The fourth-order valence-corrected chi connectivity index (χ4v) is 1.67. The third-order valence-electron chi connectivity index (χ3n) is 2.46. The van der Waals surface area contributed by atoms with Gasteiger partial charge in [0.05, 0.1) is 19.4 Å². The van der Waals surface area contributed by atoms with E-state index in [9.17, 15) is 8.78 Å². The van der Waals surface area contributed by atoms with Crippen molar-refractivity contribution in [3.8, 4) is 0 Å². The highest BCUT2D eigenvalue weighted by Crippen LogP contribution is 2.24. The molecule has 5 heteroatoms. The number of halogens is 2. The van der Waals surface area contributed by atoms with Gasteiger partial charge in [0.2, 0.25) is 0 Å². The molecule has 0 aliphatic carbocycles. The van der Waals surface area contributed by atoms with Crippen LogP contribution in [0.5, 0.6) is 0 Å². The van der Waals surface area contributed by atoms with Gasteiger partial charge in [-0.25, -0.2) is 8.78 Å². The summed E-state index contributed by atoms with van der Waals surface area (Å²) in [6, 6.07) is 3.38. The van der Waals surface area contributed by atoms with E-state index in [0.29, 0.717) is 12.3 Å². The second-order valence-electron chi connectivity index (χ2n) is 3.39. The van der Waals surface area contributed by atoms with E-state index in [4.69, 9.17) is 9.84 Å². The van der Waals surface area contributed by atoms with Crippen molar-refractivity contribution in [1.82, 2.24) is 5.32 Å². The van der Waals surface area contributed by atoms with Crippen molar-refractivity contribution in [2.45, 2.75) is 12.1 Å². The van der Waals surface area contributed by atoms with Gasteiger partial charge in [-0.3, -0.25) is 5.32 Å². The molecule has 1 aromatic carbocycles. The van der Waals surface area contributed by atoms with Crippen LogP contribution in [-0.2, 0) is 4.74 Å². The Labute approximate surface area is 85.7 Å². The fourth-order valence-electron chi connectivity index (χ4n) is 1.67. The Kier molecular flexibility index (Phi) is 2.95. The lowest BCUT2D eigenvalue weighted by Gasteiger charge is -2.16. The Balaban J connectivity index is 2.25. The molecule has 2 atom stereocenters. The van der Waals surface area contributed by atoms with E-state index < -0.39 is 17.7 Å². The average Bonchev–Trinajstić information content (AvgIpc) is 2.70. The summed E-state index contributed by atoms with van der Waals surface area (Å²) in [5.74, 6) is -1.77. The van der Waals surface area contributed by atoms with Crippen LogP contribution >= 0.6 is 0 Å². The maximum Gasteiger partial charge on any atom is 0.159 e. The van der Waals surface area contributed by atoms with Crippen molar-refractivity contribution in [2.24, 2.45) is 0 Å². The number of hydrogen-bond acceptors (Lipinski definition) is 3. The molecule has 2 N–H and O–H groups in total. The Hall–Kier alpha value is -1.04. The zero-order valence-electron chi connectivity index (χ0n) is 7.91. The van der Waals surface area contributed by atoms with E-state index in [0.717, 1.165) is 12.1 Å². The molecule has 0 amide bonds. The first-order chi connectivity index (χ1) is 7.22. The summed E-state index contributed by atoms with van der Waals surface area (Å²) in [6.45, 7) is 0.144. The van der Waals surface area contributed by atoms with Gasteiger partial charge in [0.25, 0.3) is 0 Å². The molecule has 15 heavy (non-hydrogen) atoms. The average molecular weight is 215 g/mol. The van der Waals surface area contributed by atoms with Gasteiger partial charge in [0.1, 0.15) is 6.10 Å². The minimum absolute atomic E-state index is 0.156. The van der Waals surface area contributed by atoms with E-state index >= 15 is 0 Å². The number of nitrogens with one attached hydrogen (secondary N) is 1. The van der Waals surface area contributed by atoms with Gasteiger partial charge < -0.3 is 9.84 Å². The summed E-state index contributed by atoms with van der Waals surface area (Å²) < 4.78 is 30.8. The van der Waals surface area contributed by atoms with Gasteiger partial charge in [-0.15, -0.1) is 0 Å². The molecule has 2 rings (SSSR count). The van der Waals surface area contributed by atoms with Crippen molar-refractivity contribution < 1.29 is 18.6 Å². The Morgan fingerprint density at radius 1 is 1.40 bits per heavy atom. The van der Waals surface area contributed by atoms with E-state index in [2.05, 4.69) is 5.32 Å². The van der Waals surface area contributed by atoms with Crippen LogP contribution in [0.1, 0.15) is 11.6 Å². The Morgan fingerprint density at radius 2 is 2.20 bits per heavy atom. The van der Waals surface area contributed by atoms with Gasteiger partial charge in [-0.1, -0.05) is 6.07 Å². The van der Waals surface area contributed by atoms with Crippen LogP contribution in [0.4, 0.5) is 8.78 Å². The third-order valence-corrected chi connectivity index (χ3v) is 2.46. The van der Waals surface area contributed by atoms with Crippen LogP contribution in [0.15, 0.2) is 18.2 Å². The van der Waals surface area contributed by atoms with Crippen LogP contribution in [0.3, 0.4) is 0 Å². The van der Waals surface area contributed by atoms with Gasteiger partial charge >= 0.3 is 0 Å². The second-order valence-corrected chi connectivity index (χ2v) is 3.39. The predicted octanol–water partition coefficient (Wildman–Crippen LogP) is 0.944. The van der Waals surface area contributed by atoms with E-state index in [1.165, 1.54) is 6.07 Å². The zero-order valence-corrected chi connectivity index (χ0v) is 7.91. The molecule has 1 saturated heterocycles. The number of ether oxygens (including phenoxy) is 1. The lowest BCUT2D eigenvalue weighted by molar-refractivity contribution is 0.0515. The lowest BCUT2D eigenvalue weighted by Crippen LogP contribution is -2.24. The van der Waals surface area contributed by atoms with Crippen molar-refractivity contribution in [1.29, 1.82) is 0 Å². The summed E-state index contributed by atoms with van der Waals surface area (Å²) >= 11 is 0. The summed E-state index contributed by atoms with van der Waals surface area (Å²) in [5, 5.41) is 11.9. The molecule has 0 radical (unpaired) electrons. The van der Waals surface area contributed by atoms with E-state index in [1.807, 2.05) is 0 Å².